The van der Waals surface area contributed by atoms with Crippen molar-refractivity contribution in [3.8, 4) is 5.75 Å². The monoisotopic (exact) mass is 502 g/mol. The molecule has 1 fully saturated rings. The molecule has 1 aliphatic heterocycles. The van der Waals surface area contributed by atoms with Gasteiger partial charge in [0.1, 0.15) is 12.4 Å². The van der Waals surface area contributed by atoms with Crippen molar-refractivity contribution < 1.29 is 14.3 Å². The van der Waals surface area contributed by atoms with Crippen molar-refractivity contribution in [1.82, 2.24) is 10.4 Å². The molecular weight excluding hydrogens is 484 g/mol. The van der Waals surface area contributed by atoms with Crippen LogP contribution >= 0.6 is 35.3 Å². The normalized spacial score (nSPS) is 14.7. The molecule has 4 aromatic rings. The first-order valence-corrected chi connectivity index (χ1v) is 12.5. The second-order valence-electron chi connectivity index (χ2n) is 7.43. The highest BCUT2D eigenvalue weighted by Crippen LogP contribution is 2.32. The molecule has 0 radical (unpaired) electrons. The summed E-state index contributed by atoms with van der Waals surface area (Å²) in [7, 11) is 0. The van der Waals surface area contributed by atoms with Crippen LogP contribution in [0, 0.1) is 0 Å². The number of hydrogen-bond acceptors (Lipinski definition) is 6. The van der Waals surface area contributed by atoms with E-state index in [-0.39, 0.29) is 16.1 Å². The number of carbonyl (C=O) groups is 2. The van der Waals surface area contributed by atoms with E-state index in [1.165, 1.54) is 22.1 Å². The highest BCUT2D eigenvalue weighted by Gasteiger charge is 2.33. The van der Waals surface area contributed by atoms with Crippen LogP contribution in [0.2, 0.25) is 0 Å². The minimum atomic E-state index is -0.361. The number of hydrazine groups is 1. The summed E-state index contributed by atoms with van der Waals surface area (Å²) in [5, 5.41) is 5.28. The molecule has 0 saturated carbocycles. The zero-order chi connectivity index (χ0) is 23.5. The van der Waals surface area contributed by atoms with E-state index in [1.54, 1.807) is 23.6 Å². The Morgan fingerprint density at radius 3 is 2.59 bits per heavy atom. The third-order valence-electron chi connectivity index (χ3n) is 5.20. The number of ether oxygens (including phenoxy) is 1. The number of fused-ring (bicyclic) bond motifs is 1. The van der Waals surface area contributed by atoms with Gasteiger partial charge in [-0.3, -0.25) is 15.0 Å². The topological polar surface area (TPSA) is 58.6 Å². The number of thioether (sulfide) groups is 1. The van der Waals surface area contributed by atoms with E-state index in [1.807, 2.05) is 42.5 Å². The lowest BCUT2D eigenvalue weighted by Gasteiger charge is -2.14. The average Bonchev–Trinajstić information content (AvgIpc) is 3.49. The van der Waals surface area contributed by atoms with Gasteiger partial charge in [-0.15, -0.1) is 11.3 Å². The Labute approximate surface area is 210 Å². The number of hydrogen-bond donors (Lipinski definition) is 1. The molecule has 0 bridgehead atoms. The van der Waals surface area contributed by atoms with Gasteiger partial charge < -0.3 is 4.74 Å². The average molecular weight is 503 g/mol. The predicted molar refractivity (Wildman–Crippen MR) is 142 cm³/mol. The third-order valence-corrected chi connectivity index (χ3v) is 7.37. The zero-order valence-electron chi connectivity index (χ0n) is 17.8. The van der Waals surface area contributed by atoms with Crippen LogP contribution in [0.1, 0.15) is 20.8 Å². The molecule has 0 spiro atoms. The maximum atomic E-state index is 12.8. The number of thiophene rings is 1. The van der Waals surface area contributed by atoms with E-state index in [2.05, 4.69) is 29.7 Å². The minimum absolute atomic E-state index is 0.288. The highest BCUT2D eigenvalue weighted by atomic mass is 32.2. The SMILES string of the molecule is O=C(NN1C(=O)/C(=C\c2ccc(OCc3cccc4ccccc34)cc2)SC1=S)c1cccs1. The lowest BCUT2D eigenvalue weighted by molar-refractivity contribution is -0.123. The van der Waals surface area contributed by atoms with Crippen LogP contribution in [0.4, 0.5) is 0 Å². The van der Waals surface area contributed by atoms with Gasteiger partial charge >= 0.3 is 0 Å². The molecule has 0 aliphatic carbocycles. The van der Waals surface area contributed by atoms with Gasteiger partial charge in [0, 0.05) is 0 Å². The molecule has 5 rings (SSSR count). The maximum Gasteiger partial charge on any atom is 0.285 e. The zero-order valence-corrected chi connectivity index (χ0v) is 20.2. The van der Waals surface area contributed by atoms with Crippen LogP contribution in [-0.4, -0.2) is 21.1 Å². The van der Waals surface area contributed by atoms with Crippen molar-refractivity contribution in [2.24, 2.45) is 0 Å². The van der Waals surface area contributed by atoms with E-state index >= 15 is 0 Å². The molecule has 0 atom stereocenters. The quantitative estimate of drug-likeness (QED) is 0.258. The van der Waals surface area contributed by atoms with Gasteiger partial charge in [-0.05, 0) is 63.8 Å². The molecule has 0 unspecified atom stereocenters. The number of thiocarbonyl (C=S) groups is 1. The molecular formula is C26H18N2O3S3. The van der Waals surface area contributed by atoms with Gasteiger partial charge in [0.05, 0.1) is 9.78 Å². The van der Waals surface area contributed by atoms with Crippen molar-refractivity contribution in [2.45, 2.75) is 6.61 Å². The first-order valence-electron chi connectivity index (χ1n) is 10.4. The molecule has 3 aromatic carbocycles. The Morgan fingerprint density at radius 1 is 1.00 bits per heavy atom. The Balaban J connectivity index is 1.24. The van der Waals surface area contributed by atoms with Crippen LogP contribution in [0.5, 0.6) is 5.75 Å². The Hall–Kier alpha value is -3.46. The molecule has 168 valence electrons. The van der Waals surface area contributed by atoms with Crippen LogP contribution in [0.25, 0.3) is 16.8 Å². The summed E-state index contributed by atoms with van der Waals surface area (Å²) in [5.74, 6) is 0.0253. The van der Waals surface area contributed by atoms with E-state index in [0.29, 0.717) is 16.4 Å². The molecule has 1 N–H and O–H groups in total. The van der Waals surface area contributed by atoms with Gasteiger partial charge in [-0.1, -0.05) is 72.4 Å². The Bertz CT molecular complexity index is 1410. The summed E-state index contributed by atoms with van der Waals surface area (Å²) in [6.45, 7) is 0.462. The lowest BCUT2D eigenvalue weighted by atomic mass is 10.1. The van der Waals surface area contributed by atoms with Crippen molar-refractivity contribution in [3.63, 3.8) is 0 Å². The smallest absolute Gasteiger partial charge is 0.285 e. The Kier molecular flexibility index (Phi) is 6.44. The second kappa shape index (κ2) is 9.80. The van der Waals surface area contributed by atoms with Gasteiger partial charge in [-0.2, -0.15) is 5.01 Å². The summed E-state index contributed by atoms with van der Waals surface area (Å²) < 4.78 is 6.28. The molecule has 2 amide bonds. The van der Waals surface area contributed by atoms with Crippen LogP contribution < -0.4 is 10.2 Å². The number of nitrogens with zero attached hydrogens (tertiary/aromatic N) is 1. The second-order valence-corrected chi connectivity index (χ2v) is 10.1. The molecule has 5 nitrogen and oxygen atoms in total. The molecule has 1 aromatic heterocycles. The number of rotatable bonds is 6. The van der Waals surface area contributed by atoms with E-state index in [0.717, 1.165) is 33.6 Å². The van der Waals surface area contributed by atoms with Crippen molar-refractivity contribution in [2.75, 3.05) is 0 Å². The first kappa shape index (κ1) is 22.3. The largest absolute Gasteiger partial charge is 0.489 e. The van der Waals surface area contributed by atoms with Crippen molar-refractivity contribution in [1.29, 1.82) is 0 Å². The molecule has 1 saturated heterocycles. The summed E-state index contributed by atoms with van der Waals surface area (Å²) in [5.41, 5.74) is 4.54. The van der Waals surface area contributed by atoms with Crippen molar-refractivity contribution in [3.05, 3.63) is 105 Å². The predicted octanol–water partition coefficient (Wildman–Crippen LogP) is 6.03. The molecule has 1 aliphatic rings. The molecule has 8 heteroatoms. The molecule has 2 heterocycles. The van der Waals surface area contributed by atoms with Crippen LogP contribution in [0.3, 0.4) is 0 Å². The standard InChI is InChI=1S/C26H18N2O3S3/c29-24(22-9-4-14-33-22)27-28-25(30)23(34-26(28)32)15-17-10-12-20(13-11-17)31-16-19-7-3-6-18-5-1-2-8-21(18)19/h1-15H,16H2,(H,27,29)/b23-15+. The number of benzene rings is 3. The fourth-order valence-corrected chi connectivity index (χ4v) is 5.31. The summed E-state index contributed by atoms with van der Waals surface area (Å²) in [6.07, 6.45) is 1.76. The maximum absolute atomic E-state index is 12.8. The van der Waals surface area contributed by atoms with E-state index in [9.17, 15) is 9.59 Å². The lowest BCUT2D eigenvalue weighted by Crippen LogP contribution is -2.44. The minimum Gasteiger partial charge on any atom is -0.489 e. The summed E-state index contributed by atoms with van der Waals surface area (Å²) >= 11 is 7.74. The van der Waals surface area contributed by atoms with Crippen LogP contribution in [0.15, 0.2) is 89.1 Å². The van der Waals surface area contributed by atoms with Gasteiger partial charge in [0.2, 0.25) is 0 Å². The van der Waals surface area contributed by atoms with Gasteiger partial charge in [0.25, 0.3) is 11.8 Å². The van der Waals surface area contributed by atoms with Gasteiger partial charge in [-0.25, -0.2) is 0 Å². The Morgan fingerprint density at radius 2 is 1.79 bits per heavy atom. The van der Waals surface area contributed by atoms with E-state index < -0.39 is 0 Å². The number of amides is 2. The summed E-state index contributed by atoms with van der Waals surface area (Å²) in [4.78, 5) is 26.0. The first-order chi connectivity index (χ1) is 16.6. The van der Waals surface area contributed by atoms with Crippen molar-refractivity contribution >= 4 is 68.3 Å². The number of nitrogens with one attached hydrogen (secondary N) is 1. The van der Waals surface area contributed by atoms with Gasteiger partial charge in [0.15, 0.2) is 4.32 Å². The highest BCUT2D eigenvalue weighted by molar-refractivity contribution is 8.26. The van der Waals surface area contributed by atoms with E-state index in [4.69, 9.17) is 17.0 Å². The fourth-order valence-electron chi connectivity index (χ4n) is 3.52. The number of carbonyl (C=O) groups excluding carboxylic acids is 2. The third kappa shape index (κ3) is 4.75. The molecule has 34 heavy (non-hydrogen) atoms. The summed E-state index contributed by atoms with van der Waals surface area (Å²) in [6, 6.07) is 25.4. The fraction of sp³-hybridized carbons (Fsp3) is 0.0385. The van der Waals surface area contributed by atoms with Crippen LogP contribution in [-0.2, 0) is 11.4 Å².